The van der Waals surface area contributed by atoms with Gasteiger partial charge in [-0.2, -0.15) is 0 Å². The standard InChI is InChI=1S/C15H13N3O/c1-10-3-4-12-7-11(5-6-14(12)18-10)13-8-16-15(19-2)17-9-13/h3-9H,1-2H3. The summed E-state index contributed by atoms with van der Waals surface area (Å²) in [5, 5.41) is 1.11. The van der Waals surface area contributed by atoms with Gasteiger partial charge in [0.05, 0.1) is 12.6 Å². The van der Waals surface area contributed by atoms with E-state index in [1.807, 2.05) is 25.1 Å². The SMILES string of the molecule is COc1ncc(-c2ccc3nc(C)ccc3c2)cn1. The third-order valence-corrected chi connectivity index (χ3v) is 2.97. The summed E-state index contributed by atoms with van der Waals surface area (Å²) < 4.78 is 4.96. The highest BCUT2D eigenvalue weighted by Crippen LogP contribution is 2.23. The Kier molecular flexibility index (Phi) is 2.83. The summed E-state index contributed by atoms with van der Waals surface area (Å²) in [6.07, 6.45) is 3.52. The topological polar surface area (TPSA) is 47.9 Å². The van der Waals surface area contributed by atoms with Crippen LogP contribution in [0.1, 0.15) is 5.69 Å². The largest absolute Gasteiger partial charge is 0.467 e. The lowest BCUT2D eigenvalue weighted by Crippen LogP contribution is -1.91. The molecule has 1 aromatic carbocycles. The summed E-state index contributed by atoms with van der Waals surface area (Å²) in [5.41, 5.74) is 4.05. The third-order valence-electron chi connectivity index (χ3n) is 2.97. The third kappa shape index (κ3) is 2.25. The first-order valence-electron chi connectivity index (χ1n) is 6.00. The molecule has 0 aliphatic rings. The van der Waals surface area contributed by atoms with E-state index in [-0.39, 0.29) is 0 Å². The van der Waals surface area contributed by atoms with Gasteiger partial charge in [0.2, 0.25) is 0 Å². The summed E-state index contributed by atoms with van der Waals surface area (Å²) >= 11 is 0. The quantitative estimate of drug-likeness (QED) is 0.702. The van der Waals surface area contributed by atoms with Crippen LogP contribution in [-0.2, 0) is 0 Å². The molecule has 2 aromatic heterocycles. The van der Waals surface area contributed by atoms with Gasteiger partial charge in [0.15, 0.2) is 0 Å². The Balaban J connectivity index is 2.06. The van der Waals surface area contributed by atoms with Crippen molar-refractivity contribution in [1.82, 2.24) is 15.0 Å². The maximum Gasteiger partial charge on any atom is 0.316 e. The molecule has 0 fully saturated rings. The minimum Gasteiger partial charge on any atom is -0.467 e. The molecule has 0 aliphatic carbocycles. The van der Waals surface area contributed by atoms with Gasteiger partial charge in [-0.3, -0.25) is 4.98 Å². The van der Waals surface area contributed by atoms with Gasteiger partial charge < -0.3 is 4.74 Å². The predicted octanol–water partition coefficient (Wildman–Crippen LogP) is 3.01. The van der Waals surface area contributed by atoms with E-state index in [1.54, 1.807) is 19.5 Å². The number of rotatable bonds is 2. The number of pyridine rings is 1. The van der Waals surface area contributed by atoms with Crippen LogP contribution in [0, 0.1) is 6.92 Å². The molecule has 2 heterocycles. The Bertz CT molecular complexity index is 723. The number of aromatic nitrogens is 3. The lowest BCUT2D eigenvalue weighted by molar-refractivity contribution is 0.380. The van der Waals surface area contributed by atoms with Gasteiger partial charge in [-0.25, -0.2) is 9.97 Å². The molecule has 3 rings (SSSR count). The molecular formula is C15H13N3O. The summed E-state index contributed by atoms with van der Waals surface area (Å²) in [6.45, 7) is 1.99. The molecule has 4 nitrogen and oxygen atoms in total. The molecule has 0 amide bonds. The normalized spacial score (nSPS) is 10.6. The molecule has 94 valence electrons. The first-order valence-corrected chi connectivity index (χ1v) is 6.00. The number of hydrogen-bond donors (Lipinski definition) is 0. The molecule has 0 saturated carbocycles. The molecule has 0 saturated heterocycles. The molecular weight excluding hydrogens is 238 g/mol. The molecule has 0 radical (unpaired) electrons. The van der Waals surface area contributed by atoms with Crippen molar-refractivity contribution in [3.63, 3.8) is 0 Å². The van der Waals surface area contributed by atoms with Gasteiger partial charge in [-0.15, -0.1) is 0 Å². The van der Waals surface area contributed by atoms with Crippen LogP contribution in [0.4, 0.5) is 0 Å². The van der Waals surface area contributed by atoms with E-state index < -0.39 is 0 Å². The van der Waals surface area contributed by atoms with E-state index in [9.17, 15) is 0 Å². The zero-order chi connectivity index (χ0) is 13.2. The fraction of sp³-hybridized carbons (Fsp3) is 0.133. The van der Waals surface area contributed by atoms with E-state index >= 15 is 0 Å². The van der Waals surface area contributed by atoms with E-state index in [1.165, 1.54) is 0 Å². The molecule has 0 unspecified atom stereocenters. The van der Waals surface area contributed by atoms with Crippen LogP contribution >= 0.6 is 0 Å². The average Bonchev–Trinajstić information content (AvgIpc) is 2.47. The van der Waals surface area contributed by atoms with E-state index in [2.05, 4.69) is 27.1 Å². The van der Waals surface area contributed by atoms with Crippen molar-refractivity contribution in [2.24, 2.45) is 0 Å². The van der Waals surface area contributed by atoms with E-state index in [4.69, 9.17) is 4.74 Å². The second-order valence-corrected chi connectivity index (χ2v) is 4.32. The van der Waals surface area contributed by atoms with Crippen LogP contribution < -0.4 is 4.74 Å². The number of ether oxygens (including phenoxy) is 1. The van der Waals surface area contributed by atoms with Gasteiger partial charge in [-0.05, 0) is 30.7 Å². The molecule has 0 aliphatic heterocycles. The minimum absolute atomic E-state index is 0.377. The predicted molar refractivity (Wildman–Crippen MR) is 74.1 cm³/mol. The van der Waals surface area contributed by atoms with E-state index in [0.29, 0.717) is 6.01 Å². The second kappa shape index (κ2) is 4.65. The van der Waals surface area contributed by atoms with Gasteiger partial charge in [0, 0.05) is 29.0 Å². The van der Waals surface area contributed by atoms with Crippen molar-refractivity contribution in [2.45, 2.75) is 6.92 Å². The maximum absolute atomic E-state index is 4.96. The van der Waals surface area contributed by atoms with Gasteiger partial charge in [-0.1, -0.05) is 12.1 Å². The fourth-order valence-electron chi connectivity index (χ4n) is 1.98. The number of methoxy groups -OCH3 is 1. The number of fused-ring (bicyclic) bond motifs is 1. The van der Waals surface area contributed by atoms with Crippen LogP contribution in [0.25, 0.3) is 22.0 Å². The van der Waals surface area contributed by atoms with Crippen molar-refractivity contribution in [3.8, 4) is 17.1 Å². The summed E-state index contributed by atoms with van der Waals surface area (Å²) in [4.78, 5) is 12.7. The smallest absolute Gasteiger partial charge is 0.316 e. The lowest BCUT2D eigenvalue weighted by Gasteiger charge is -2.04. The van der Waals surface area contributed by atoms with Crippen LogP contribution in [0.2, 0.25) is 0 Å². The van der Waals surface area contributed by atoms with Crippen molar-refractivity contribution < 1.29 is 4.74 Å². The zero-order valence-electron chi connectivity index (χ0n) is 10.8. The Morgan fingerprint density at radius 3 is 2.47 bits per heavy atom. The maximum atomic E-state index is 4.96. The van der Waals surface area contributed by atoms with Crippen molar-refractivity contribution in [2.75, 3.05) is 7.11 Å². The van der Waals surface area contributed by atoms with Gasteiger partial charge >= 0.3 is 6.01 Å². The average molecular weight is 251 g/mol. The molecule has 0 atom stereocenters. The molecule has 0 spiro atoms. The summed E-state index contributed by atoms with van der Waals surface area (Å²) in [5.74, 6) is 0. The van der Waals surface area contributed by atoms with Crippen LogP contribution in [-0.4, -0.2) is 22.1 Å². The Morgan fingerprint density at radius 1 is 0.947 bits per heavy atom. The Morgan fingerprint density at radius 2 is 1.74 bits per heavy atom. The van der Waals surface area contributed by atoms with Crippen molar-refractivity contribution in [3.05, 3.63) is 48.4 Å². The zero-order valence-corrected chi connectivity index (χ0v) is 10.8. The number of nitrogens with zero attached hydrogens (tertiary/aromatic N) is 3. The second-order valence-electron chi connectivity index (χ2n) is 4.32. The number of hydrogen-bond acceptors (Lipinski definition) is 4. The summed E-state index contributed by atoms with van der Waals surface area (Å²) in [6, 6.07) is 10.6. The van der Waals surface area contributed by atoms with Gasteiger partial charge in [0.1, 0.15) is 0 Å². The molecule has 0 bridgehead atoms. The molecule has 0 N–H and O–H groups in total. The lowest BCUT2D eigenvalue weighted by atomic mass is 10.1. The Labute approximate surface area is 111 Å². The van der Waals surface area contributed by atoms with Crippen LogP contribution in [0.15, 0.2) is 42.7 Å². The number of aryl methyl sites for hydroxylation is 1. The number of benzene rings is 1. The van der Waals surface area contributed by atoms with Gasteiger partial charge in [0.25, 0.3) is 0 Å². The molecule has 3 aromatic rings. The highest BCUT2D eigenvalue weighted by atomic mass is 16.5. The van der Waals surface area contributed by atoms with Crippen molar-refractivity contribution >= 4 is 10.9 Å². The first-order chi connectivity index (χ1) is 9.26. The fourth-order valence-corrected chi connectivity index (χ4v) is 1.98. The van der Waals surface area contributed by atoms with E-state index in [0.717, 1.165) is 27.7 Å². The molecule has 19 heavy (non-hydrogen) atoms. The first kappa shape index (κ1) is 11.6. The van der Waals surface area contributed by atoms with Crippen LogP contribution in [0.5, 0.6) is 6.01 Å². The summed E-state index contributed by atoms with van der Waals surface area (Å²) in [7, 11) is 1.55. The van der Waals surface area contributed by atoms with Crippen LogP contribution in [0.3, 0.4) is 0 Å². The Hall–Kier alpha value is -2.49. The minimum atomic E-state index is 0.377. The monoisotopic (exact) mass is 251 g/mol. The molecule has 4 heteroatoms. The highest BCUT2D eigenvalue weighted by Gasteiger charge is 2.03. The van der Waals surface area contributed by atoms with Crippen molar-refractivity contribution in [1.29, 1.82) is 0 Å². The highest BCUT2D eigenvalue weighted by molar-refractivity contribution is 5.84.